The number of anilines is 1. The van der Waals surface area contributed by atoms with Crippen molar-refractivity contribution < 1.29 is 33.2 Å². The Morgan fingerprint density at radius 3 is 2.03 bits per heavy atom. The molecule has 1 aliphatic heterocycles. The Morgan fingerprint density at radius 1 is 1.03 bits per heavy atom. The van der Waals surface area contributed by atoms with Crippen molar-refractivity contribution >= 4 is 47.8 Å². The van der Waals surface area contributed by atoms with Crippen molar-refractivity contribution in [2.75, 3.05) is 18.4 Å². The minimum absolute atomic E-state index is 0.220. The Labute approximate surface area is 215 Å². The molecule has 36 heavy (non-hydrogen) atoms. The molecule has 0 radical (unpaired) electrons. The van der Waals surface area contributed by atoms with E-state index in [9.17, 15) is 28.4 Å². The molecule has 1 N–H and O–H groups in total. The predicted molar refractivity (Wildman–Crippen MR) is 135 cm³/mol. The summed E-state index contributed by atoms with van der Waals surface area (Å²) < 4.78 is 90.3. The van der Waals surface area contributed by atoms with E-state index in [4.69, 9.17) is 4.74 Å². The number of rotatable bonds is 5. The highest BCUT2D eigenvalue weighted by atomic mass is 79.9. The highest BCUT2D eigenvalue weighted by Crippen LogP contribution is 3.02. The van der Waals surface area contributed by atoms with Crippen LogP contribution in [0.2, 0.25) is 0 Å². The molecule has 1 unspecified atom stereocenters. The average molecular weight is 621 g/mol. The standard InChI is InChI=1S/C22H27BrF5N3O3S2/c1-22(2,3)34-21(32)30-35(33,19-8-4-16(23)5-9-19)31-14-12-18(13-15-31)29-17-6-10-20(11-7-17)36(24,25,26,27)28/h4-11,18,29H,12-15H2,1-3H3. The smallest absolute Gasteiger partial charge is 0.442 e. The maximum absolute atomic E-state index is 14.1. The van der Waals surface area contributed by atoms with E-state index in [0.717, 1.165) is 16.6 Å². The van der Waals surface area contributed by atoms with Crippen molar-refractivity contribution in [1.82, 2.24) is 4.31 Å². The lowest BCUT2D eigenvalue weighted by Crippen LogP contribution is -2.42. The van der Waals surface area contributed by atoms with E-state index >= 15 is 0 Å². The van der Waals surface area contributed by atoms with Crippen LogP contribution in [0, 0.1) is 0 Å². The van der Waals surface area contributed by atoms with E-state index < -0.39 is 36.7 Å². The number of carbonyl (C=O) groups is 1. The Bertz CT molecular complexity index is 1230. The summed E-state index contributed by atoms with van der Waals surface area (Å²) >= 11 is 3.32. The topological polar surface area (TPSA) is 71.0 Å². The molecule has 1 aliphatic rings. The lowest BCUT2D eigenvalue weighted by Gasteiger charge is -2.40. The molecule has 0 spiro atoms. The fourth-order valence-corrected chi connectivity index (χ4v) is 6.41. The Morgan fingerprint density at radius 2 is 1.56 bits per heavy atom. The Kier molecular flexibility index (Phi) is 7.28. The average Bonchev–Trinajstić information content (AvgIpc) is 2.72. The highest BCUT2D eigenvalue weighted by Gasteiger charge is 2.65. The third kappa shape index (κ3) is 7.56. The summed E-state index contributed by atoms with van der Waals surface area (Å²) in [5.41, 5.74) is -0.573. The molecule has 202 valence electrons. The van der Waals surface area contributed by atoms with Gasteiger partial charge < -0.3 is 10.1 Å². The molecule has 3 rings (SSSR count). The van der Waals surface area contributed by atoms with Gasteiger partial charge >= 0.3 is 16.3 Å². The number of hydrogen-bond acceptors (Lipinski definition) is 4. The van der Waals surface area contributed by atoms with E-state index in [0.29, 0.717) is 29.9 Å². The molecule has 0 saturated carbocycles. The maximum atomic E-state index is 14.1. The third-order valence-corrected chi connectivity index (χ3v) is 9.23. The number of ether oxygens (including phenoxy) is 1. The van der Waals surface area contributed by atoms with Gasteiger partial charge in [-0.15, -0.1) is 4.36 Å². The largest absolute Gasteiger partial charge is 0.443 e. The van der Waals surface area contributed by atoms with Crippen molar-refractivity contribution in [2.24, 2.45) is 4.36 Å². The Hall–Kier alpha value is -1.90. The van der Waals surface area contributed by atoms with Crippen molar-refractivity contribution in [3.8, 4) is 0 Å². The molecule has 14 heteroatoms. The van der Waals surface area contributed by atoms with Crippen LogP contribution in [-0.2, 0) is 14.7 Å². The van der Waals surface area contributed by atoms with Crippen LogP contribution >= 0.6 is 26.2 Å². The van der Waals surface area contributed by atoms with Crippen molar-refractivity contribution in [1.29, 1.82) is 0 Å². The van der Waals surface area contributed by atoms with Crippen LogP contribution in [0.4, 0.5) is 29.9 Å². The fraction of sp³-hybridized carbons (Fsp3) is 0.409. The number of nitrogens with one attached hydrogen (secondary N) is 1. The highest BCUT2D eigenvalue weighted by molar-refractivity contribution is 9.10. The van der Waals surface area contributed by atoms with E-state index in [1.54, 1.807) is 49.3 Å². The fourth-order valence-electron chi connectivity index (χ4n) is 3.54. The van der Waals surface area contributed by atoms with Crippen LogP contribution in [0.5, 0.6) is 0 Å². The number of amides is 1. The van der Waals surface area contributed by atoms with Crippen LogP contribution < -0.4 is 5.32 Å². The van der Waals surface area contributed by atoms with Gasteiger partial charge in [0.2, 0.25) is 0 Å². The van der Waals surface area contributed by atoms with Crippen molar-refractivity contribution in [3.63, 3.8) is 0 Å². The summed E-state index contributed by atoms with van der Waals surface area (Å²) in [6.07, 6.45) is -0.124. The van der Waals surface area contributed by atoms with Gasteiger partial charge in [0.05, 0.1) is 4.90 Å². The van der Waals surface area contributed by atoms with Crippen LogP contribution in [0.3, 0.4) is 0 Å². The van der Waals surface area contributed by atoms with Gasteiger partial charge in [0.25, 0.3) is 0 Å². The number of halogens is 6. The first-order valence-electron chi connectivity index (χ1n) is 10.9. The number of piperidine rings is 1. The molecule has 1 saturated heterocycles. The van der Waals surface area contributed by atoms with Gasteiger partial charge in [0.1, 0.15) is 20.4 Å². The van der Waals surface area contributed by atoms with Crippen LogP contribution in [0.15, 0.2) is 67.2 Å². The molecule has 2 aromatic carbocycles. The molecule has 1 atom stereocenters. The molecule has 0 aromatic heterocycles. The minimum atomic E-state index is -9.73. The van der Waals surface area contributed by atoms with Crippen molar-refractivity contribution in [3.05, 3.63) is 53.0 Å². The van der Waals surface area contributed by atoms with Gasteiger partial charge in [-0.3, -0.25) is 0 Å². The van der Waals surface area contributed by atoms with E-state index in [1.807, 2.05) is 0 Å². The zero-order valence-electron chi connectivity index (χ0n) is 19.7. The van der Waals surface area contributed by atoms with Crippen LogP contribution in [0.25, 0.3) is 0 Å². The molecule has 1 amide bonds. The second kappa shape index (κ2) is 9.14. The quantitative estimate of drug-likeness (QED) is 0.341. The van der Waals surface area contributed by atoms with Gasteiger partial charge in [-0.1, -0.05) is 35.4 Å². The Balaban J connectivity index is 1.77. The first-order valence-corrected chi connectivity index (χ1v) is 15.1. The van der Waals surface area contributed by atoms with Crippen molar-refractivity contribution in [2.45, 2.75) is 55.0 Å². The molecule has 1 heterocycles. The second-order valence-corrected chi connectivity index (χ2v) is 14.9. The molecule has 2 aromatic rings. The van der Waals surface area contributed by atoms with Gasteiger partial charge in [-0.25, -0.2) is 13.3 Å². The molecule has 6 nitrogen and oxygen atoms in total. The van der Waals surface area contributed by atoms with Gasteiger partial charge in [-0.2, -0.15) is 0 Å². The zero-order valence-corrected chi connectivity index (χ0v) is 22.9. The summed E-state index contributed by atoms with van der Waals surface area (Å²) in [6.45, 7) is 5.51. The molecule has 0 aliphatic carbocycles. The van der Waals surface area contributed by atoms with E-state index in [2.05, 4.69) is 25.6 Å². The number of benzene rings is 2. The summed E-state index contributed by atoms with van der Waals surface area (Å²) in [7, 11) is -13.1. The summed E-state index contributed by atoms with van der Waals surface area (Å²) in [4.78, 5) is 10.8. The number of nitrogens with zero attached hydrogens (tertiary/aromatic N) is 2. The maximum Gasteiger partial charge on any atom is 0.443 e. The van der Waals surface area contributed by atoms with E-state index in [1.165, 1.54) is 0 Å². The second-order valence-electron chi connectivity index (χ2n) is 9.36. The molecule has 1 fully saturated rings. The third-order valence-electron chi connectivity index (χ3n) is 5.19. The van der Waals surface area contributed by atoms with Gasteiger partial charge in [0, 0.05) is 29.3 Å². The summed E-state index contributed by atoms with van der Waals surface area (Å²) in [6, 6.07) is 8.99. The predicted octanol–water partition coefficient (Wildman–Crippen LogP) is 8.36. The summed E-state index contributed by atoms with van der Waals surface area (Å²) in [5.74, 6) is 0. The number of carbonyl (C=O) groups excluding carboxylic acids is 1. The van der Waals surface area contributed by atoms with Gasteiger partial charge in [0.15, 0.2) is 0 Å². The first kappa shape index (κ1) is 28.7. The molecular formula is C22H27BrF5N3O3S2. The summed E-state index contributed by atoms with van der Waals surface area (Å²) in [5, 5.41) is 3.03. The van der Waals surface area contributed by atoms with Crippen LogP contribution in [0.1, 0.15) is 33.6 Å². The van der Waals surface area contributed by atoms with E-state index in [-0.39, 0.29) is 24.8 Å². The SMILES string of the molecule is CC(C)(C)OC(=O)N=S(=O)(c1ccc(Br)cc1)N1CCC(Nc2ccc(S(F)(F)(F)(F)F)cc2)CC1. The normalized spacial score (nSPS) is 19.5. The van der Waals surface area contributed by atoms with Gasteiger partial charge in [-0.05, 0) is 82.1 Å². The lowest BCUT2D eigenvalue weighted by atomic mass is 10.1. The lowest BCUT2D eigenvalue weighted by molar-refractivity contribution is 0.0606. The minimum Gasteiger partial charge on any atom is -0.442 e. The molecule has 0 bridgehead atoms. The zero-order chi connectivity index (χ0) is 27.1. The monoisotopic (exact) mass is 619 g/mol. The first-order chi connectivity index (χ1) is 16.2. The van der Waals surface area contributed by atoms with Crippen LogP contribution in [-0.4, -0.2) is 39.3 Å². The molecular weight excluding hydrogens is 593 g/mol. The number of hydrogen-bond donors (Lipinski definition) is 1.